The van der Waals surface area contributed by atoms with Crippen LogP contribution in [0.5, 0.6) is 0 Å². The summed E-state index contributed by atoms with van der Waals surface area (Å²) in [6.45, 7) is -2.84. The minimum absolute atomic E-state index is 0.0229. The average Bonchev–Trinajstić information content (AvgIpc) is 3.45. The Morgan fingerprint density at radius 3 is 2.77 bits per heavy atom. The van der Waals surface area contributed by atoms with Gasteiger partial charge in [0.15, 0.2) is 11.6 Å². The highest BCUT2D eigenvalue weighted by Crippen LogP contribution is 2.37. The Hall–Kier alpha value is -3.15. The van der Waals surface area contributed by atoms with Crippen molar-refractivity contribution in [2.75, 3.05) is 24.5 Å². The SMILES string of the molecule is NCC1CN(c2nc3c(cc2F)c(=O)c(C(=O)O)cn3C2CC2)C/C1=N\OC(F)F. The second-order valence-electron chi connectivity index (χ2n) is 7.24. The van der Waals surface area contributed by atoms with Crippen molar-refractivity contribution in [1.29, 1.82) is 0 Å². The average molecular weight is 425 g/mol. The predicted octanol–water partition coefficient (Wildman–Crippen LogP) is 1.56. The molecule has 1 unspecified atom stereocenters. The number of aromatic nitrogens is 2. The molecule has 30 heavy (non-hydrogen) atoms. The molecule has 2 aromatic rings. The van der Waals surface area contributed by atoms with Gasteiger partial charge in [-0.15, -0.1) is 0 Å². The lowest BCUT2D eigenvalue weighted by Crippen LogP contribution is -2.26. The van der Waals surface area contributed by atoms with E-state index in [-0.39, 0.29) is 48.2 Å². The predicted molar refractivity (Wildman–Crippen MR) is 100 cm³/mol. The van der Waals surface area contributed by atoms with Crippen LogP contribution >= 0.6 is 0 Å². The fourth-order valence-corrected chi connectivity index (χ4v) is 3.59. The molecule has 2 aliphatic rings. The molecule has 0 aromatic carbocycles. The summed E-state index contributed by atoms with van der Waals surface area (Å²) in [6.07, 6.45) is 2.80. The number of pyridine rings is 2. The van der Waals surface area contributed by atoms with Crippen LogP contribution in [0.15, 0.2) is 22.2 Å². The number of anilines is 1. The zero-order valence-corrected chi connectivity index (χ0v) is 15.6. The molecule has 0 spiro atoms. The minimum Gasteiger partial charge on any atom is -0.477 e. The molecule has 1 aliphatic carbocycles. The van der Waals surface area contributed by atoms with Gasteiger partial charge in [0, 0.05) is 31.2 Å². The summed E-state index contributed by atoms with van der Waals surface area (Å²) in [5.74, 6) is -2.76. The molecule has 12 heteroatoms. The van der Waals surface area contributed by atoms with E-state index in [1.165, 1.54) is 11.1 Å². The third-order valence-corrected chi connectivity index (χ3v) is 5.21. The first-order valence-corrected chi connectivity index (χ1v) is 9.24. The number of oxime groups is 1. The first-order chi connectivity index (χ1) is 14.3. The molecule has 0 radical (unpaired) electrons. The van der Waals surface area contributed by atoms with Gasteiger partial charge in [0.1, 0.15) is 11.2 Å². The molecule has 2 aromatic heterocycles. The Labute approximate surface area is 167 Å². The maximum atomic E-state index is 14.9. The molecule has 160 valence electrons. The number of hydrogen-bond acceptors (Lipinski definition) is 7. The molecule has 4 rings (SSSR count). The summed E-state index contributed by atoms with van der Waals surface area (Å²) < 4.78 is 41.1. The number of hydrogen-bond donors (Lipinski definition) is 2. The smallest absolute Gasteiger partial charge is 0.407 e. The first kappa shape index (κ1) is 20.1. The van der Waals surface area contributed by atoms with Gasteiger partial charge in [-0.3, -0.25) is 4.79 Å². The number of alkyl halides is 2. The van der Waals surface area contributed by atoms with E-state index in [9.17, 15) is 27.9 Å². The maximum absolute atomic E-state index is 14.9. The third-order valence-electron chi connectivity index (χ3n) is 5.21. The van der Waals surface area contributed by atoms with E-state index in [1.807, 2.05) is 0 Å². The van der Waals surface area contributed by atoms with Crippen molar-refractivity contribution >= 4 is 28.5 Å². The normalized spacial score (nSPS) is 20.5. The third kappa shape index (κ3) is 3.58. The van der Waals surface area contributed by atoms with Crippen molar-refractivity contribution in [1.82, 2.24) is 9.55 Å². The van der Waals surface area contributed by atoms with E-state index in [1.54, 1.807) is 4.57 Å². The summed E-state index contributed by atoms with van der Waals surface area (Å²) in [6, 6.07) is 0.942. The Balaban J connectivity index is 1.79. The number of nitrogens with zero attached hydrogens (tertiary/aromatic N) is 4. The van der Waals surface area contributed by atoms with Gasteiger partial charge in [-0.05, 0) is 18.9 Å². The standard InChI is InChI=1S/C18H18F3N5O4/c19-12-3-10-14(27)11(17(28)29)6-26(9-1-2-9)15(10)23-16(12)25-5-8(4-22)13(7-25)24-30-18(20)21/h3,6,8-9,18H,1-2,4-5,7,22H2,(H,28,29)/b24-13+. The van der Waals surface area contributed by atoms with Gasteiger partial charge in [0.05, 0.1) is 17.6 Å². The number of carbonyl (C=O) groups is 1. The molecule has 2 fully saturated rings. The van der Waals surface area contributed by atoms with Crippen LogP contribution in [0.2, 0.25) is 0 Å². The summed E-state index contributed by atoms with van der Waals surface area (Å²) in [5.41, 5.74) is 4.80. The second-order valence-corrected chi connectivity index (χ2v) is 7.24. The zero-order chi connectivity index (χ0) is 21.6. The Kier molecular flexibility index (Phi) is 5.10. The number of rotatable bonds is 6. The van der Waals surface area contributed by atoms with Crippen molar-refractivity contribution in [2.45, 2.75) is 25.5 Å². The molecule has 0 amide bonds. The number of halogens is 3. The highest BCUT2D eigenvalue weighted by atomic mass is 19.3. The van der Waals surface area contributed by atoms with Crippen molar-refractivity contribution in [3.8, 4) is 0 Å². The van der Waals surface area contributed by atoms with Crippen LogP contribution in [0.25, 0.3) is 11.0 Å². The molecule has 1 saturated carbocycles. The largest absolute Gasteiger partial charge is 0.477 e. The Morgan fingerprint density at radius 1 is 1.43 bits per heavy atom. The van der Waals surface area contributed by atoms with Crippen LogP contribution in [0, 0.1) is 11.7 Å². The van der Waals surface area contributed by atoms with Crippen LogP contribution in [-0.4, -0.2) is 52.6 Å². The van der Waals surface area contributed by atoms with Gasteiger partial charge < -0.3 is 25.1 Å². The van der Waals surface area contributed by atoms with E-state index in [4.69, 9.17) is 5.73 Å². The number of aromatic carboxylic acids is 1. The lowest BCUT2D eigenvalue weighted by atomic mass is 10.1. The van der Waals surface area contributed by atoms with E-state index in [2.05, 4.69) is 15.0 Å². The van der Waals surface area contributed by atoms with Crippen molar-refractivity contribution < 1.29 is 27.9 Å². The van der Waals surface area contributed by atoms with Crippen LogP contribution in [-0.2, 0) is 4.84 Å². The molecule has 3 N–H and O–H groups in total. The lowest BCUT2D eigenvalue weighted by Gasteiger charge is -2.19. The van der Waals surface area contributed by atoms with Gasteiger partial charge in [-0.2, -0.15) is 8.78 Å². The van der Waals surface area contributed by atoms with E-state index >= 15 is 0 Å². The van der Waals surface area contributed by atoms with Gasteiger partial charge in [0.2, 0.25) is 5.43 Å². The van der Waals surface area contributed by atoms with Crippen molar-refractivity contribution in [3.05, 3.63) is 33.9 Å². The number of fused-ring (bicyclic) bond motifs is 1. The summed E-state index contributed by atoms with van der Waals surface area (Å²) >= 11 is 0. The topological polar surface area (TPSA) is 123 Å². The van der Waals surface area contributed by atoms with Gasteiger partial charge in [0.25, 0.3) is 0 Å². The first-order valence-electron chi connectivity index (χ1n) is 9.24. The summed E-state index contributed by atoms with van der Waals surface area (Å²) in [4.78, 5) is 33.7. The number of carboxylic acids is 1. The van der Waals surface area contributed by atoms with E-state index in [0.717, 1.165) is 18.9 Å². The van der Waals surface area contributed by atoms with E-state index < -0.39 is 35.3 Å². The summed E-state index contributed by atoms with van der Waals surface area (Å²) in [7, 11) is 0. The van der Waals surface area contributed by atoms with Crippen LogP contribution in [0.3, 0.4) is 0 Å². The molecule has 1 aliphatic heterocycles. The molecule has 3 heterocycles. The zero-order valence-electron chi connectivity index (χ0n) is 15.6. The molecule has 0 bridgehead atoms. The highest BCUT2D eigenvalue weighted by Gasteiger charge is 2.33. The summed E-state index contributed by atoms with van der Waals surface area (Å²) in [5, 5.41) is 12.6. The highest BCUT2D eigenvalue weighted by molar-refractivity contribution is 5.95. The quantitative estimate of drug-likeness (QED) is 0.674. The molecular formula is C18H18F3N5O4. The second kappa shape index (κ2) is 7.59. The van der Waals surface area contributed by atoms with Crippen molar-refractivity contribution in [3.63, 3.8) is 0 Å². The Morgan fingerprint density at radius 2 is 2.17 bits per heavy atom. The molecule has 1 atom stereocenters. The Bertz CT molecular complexity index is 1100. The molecule has 9 nitrogen and oxygen atoms in total. The van der Waals surface area contributed by atoms with Gasteiger partial charge >= 0.3 is 12.6 Å². The van der Waals surface area contributed by atoms with Crippen LogP contribution in [0.1, 0.15) is 29.2 Å². The van der Waals surface area contributed by atoms with Gasteiger partial charge in [-0.25, -0.2) is 14.2 Å². The fourth-order valence-electron chi connectivity index (χ4n) is 3.59. The maximum Gasteiger partial charge on any atom is 0.407 e. The van der Waals surface area contributed by atoms with E-state index in [0.29, 0.717) is 0 Å². The minimum atomic E-state index is -3.09. The van der Waals surface area contributed by atoms with Crippen LogP contribution in [0.4, 0.5) is 19.0 Å². The van der Waals surface area contributed by atoms with Gasteiger partial charge in [-0.1, -0.05) is 5.16 Å². The monoisotopic (exact) mass is 425 g/mol. The van der Waals surface area contributed by atoms with Crippen molar-refractivity contribution in [2.24, 2.45) is 16.8 Å². The number of carboxylic acid groups (broad SMARTS) is 1. The molecule has 1 saturated heterocycles. The van der Waals surface area contributed by atoms with Crippen LogP contribution < -0.4 is 16.1 Å². The lowest BCUT2D eigenvalue weighted by molar-refractivity contribution is -0.128. The fraction of sp³-hybridized carbons (Fsp3) is 0.444. The number of nitrogens with two attached hydrogens (primary N) is 1. The molecular weight excluding hydrogens is 407 g/mol.